The van der Waals surface area contributed by atoms with Crippen LogP contribution in [0, 0.1) is 0 Å². The maximum atomic E-state index is 11.8. The van der Waals surface area contributed by atoms with Crippen LogP contribution in [0.4, 0.5) is 0 Å². The molecule has 0 amide bonds. The molecular formula is C30H58O4. The van der Waals surface area contributed by atoms with Crippen LogP contribution in [0.25, 0.3) is 0 Å². The van der Waals surface area contributed by atoms with Gasteiger partial charge in [-0.2, -0.15) is 0 Å². The summed E-state index contributed by atoms with van der Waals surface area (Å²) in [6.07, 6.45) is 30.9. The number of hydrogen-bond acceptors (Lipinski definition) is 3. The van der Waals surface area contributed by atoms with Crippen LogP contribution in [0.5, 0.6) is 0 Å². The highest BCUT2D eigenvalue weighted by atomic mass is 16.5. The number of carboxylic acid groups (broad SMARTS) is 1. The van der Waals surface area contributed by atoms with E-state index in [9.17, 15) is 9.59 Å². The van der Waals surface area contributed by atoms with Crippen molar-refractivity contribution in [2.45, 2.75) is 174 Å². The van der Waals surface area contributed by atoms with Crippen LogP contribution in [-0.4, -0.2) is 23.7 Å². The summed E-state index contributed by atoms with van der Waals surface area (Å²) in [6.45, 7) is 2.87. The highest BCUT2D eigenvalue weighted by Crippen LogP contribution is 2.14. The number of unbranched alkanes of at least 4 members (excludes halogenated alkanes) is 22. The summed E-state index contributed by atoms with van der Waals surface area (Å²) in [5, 5.41) is 8.60. The fourth-order valence-corrected chi connectivity index (χ4v) is 4.51. The van der Waals surface area contributed by atoms with Crippen molar-refractivity contribution in [3.05, 3.63) is 0 Å². The van der Waals surface area contributed by atoms with Gasteiger partial charge in [0, 0.05) is 12.8 Å². The Morgan fingerprint density at radius 1 is 0.471 bits per heavy atom. The second-order valence-corrected chi connectivity index (χ2v) is 10.2. The zero-order valence-corrected chi connectivity index (χ0v) is 22.8. The third-order valence-electron chi connectivity index (χ3n) is 6.78. The van der Waals surface area contributed by atoms with E-state index in [1.807, 2.05) is 0 Å². The number of aliphatic carboxylic acids is 1. The molecule has 0 saturated heterocycles. The molecule has 4 heteroatoms. The maximum absolute atomic E-state index is 11.8. The van der Waals surface area contributed by atoms with E-state index >= 15 is 0 Å². The molecule has 0 aromatic heterocycles. The standard InChI is InChI=1S/C30H58O4/c1-2-3-4-5-6-7-8-12-15-18-21-24-27-30(33)34-28-25-22-19-16-13-10-9-11-14-17-20-23-26-29(31)32/h2-28H2,1H3,(H,31,32). The first-order valence-corrected chi connectivity index (χ1v) is 15.0. The summed E-state index contributed by atoms with van der Waals surface area (Å²) in [5.41, 5.74) is 0. The largest absolute Gasteiger partial charge is 0.481 e. The van der Waals surface area contributed by atoms with E-state index in [1.54, 1.807) is 0 Å². The van der Waals surface area contributed by atoms with Crippen LogP contribution in [0.3, 0.4) is 0 Å². The van der Waals surface area contributed by atoms with Crippen LogP contribution in [0.15, 0.2) is 0 Å². The zero-order valence-electron chi connectivity index (χ0n) is 22.8. The highest BCUT2D eigenvalue weighted by molar-refractivity contribution is 5.69. The van der Waals surface area contributed by atoms with Crippen molar-refractivity contribution < 1.29 is 19.4 Å². The molecule has 0 aromatic carbocycles. The minimum Gasteiger partial charge on any atom is -0.481 e. The molecular weight excluding hydrogens is 424 g/mol. The first-order valence-electron chi connectivity index (χ1n) is 15.0. The topological polar surface area (TPSA) is 63.6 Å². The van der Waals surface area contributed by atoms with Crippen molar-refractivity contribution in [1.82, 2.24) is 0 Å². The van der Waals surface area contributed by atoms with Crippen molar-refractivity contribution in [2.24, 2.45) is 0 Å². The minimum atomic E-state index is -0.673. The summed E-state index contributed by atoms with van der Waals surface area (Å²) >= 11 is 0. The molecule has 202 valence electrons. The average molecular weight is 483 g/mol. The SMILES string of the molecule is CCCCCCCCCCCCCCC(=O)OCCCCCCCCCCCCCCC(=O)O. The summed E-state index contributed by atoms with van der Waals surface area (Å²) in [7, 11) is 0. The Hall–Kier alpha value is -1.06. The summed E-state index contributed by atoms with van der Waals surface area (Å²) in [4.78, 5) is 22.3. The van der Waals surface area contributed by atoms with Gasteiger partial charge in [-0.25, -0.2) is 0 Å². The van der Waals surface area contributed by atoms with Gasteiger partial charge in [0.15, 0.2) is 0 Å². The lowest BCUT2D eigenvalue weighted by Gasteiger charge is -2.06. The Morgan fingerprint density at radius 2 is 0.794 bits per heavy atom. The lowest BCUT2D eigenvalue weighted by molar-refractivity contribution is -0.144. The number of ether oxygens (including phenoxy) is 1. The molecule has 0 aromatic rings. The van der Waals surface area contributed by atoms with Crippen molar-refractivity contribution in [1.29, 1.82) is 0 Å². The Morgan fingerprint density at radius 3 is 1.18 bits per heavy atom. The lowest BCUT2D eigenvalue weighted by atomic mass is 10.0. The maximum Gasteiger partial charge on any atom is 0.305 e. The minimum absolute atomic E-state index is 0.00459. The third-order valence-corrected chi connectivity index (χ3v) is 6.78. The number of rotatable bonds is 28. The van der Waals surface area contributed by atoms with E-state index < -0.39 is 5.97 Å². The molecule has 0 radical (unpaired) electrons. The summed E-state index contributed by atoms with van der Waals surface area (Å²) in [5.74, 6) is -0.678. The molecule has 0 heterocycles. The van der Waals surface area contributed by atoms with Crippen LogP contribution in [-0.2, 0) is 14.3 Å². The second kappa shape index (κ2) is 28.2. The van der Waals surface area contributed by atoms with E-state index in [0.717, 1.165) is 38.5 Å². The van der Waals surface area contributed by atoms with Crippen LogP contribution in [0.1, 0.15) is 174 Å². The average Bonchev–Trinajstić information content (AvgIpc) is 2.82. The molecule has 0 bridgehead atoms. The predicted octanol–water partition coefficient (Wildman–Crippen LogP) is 9.78. The zero-order chi connectivity index (χ0) is 25.0. The van der Waals surface area contributed by atoms with Gasteiger partial charge in [-0.3, -0.25) is 9.59 Å². The summed E-state index contributed by atoms with van der Waals surface area (Å²) in [6, 6.07) is 0. The van der Waals surface area contributed by atoms with Crippen LogP contribution < -0.4 is 0 Å². The Labute approximate surface area is 212 Å². The first-order chi connectivity index (χ1) is 16.7. The molecule has 0 aliphatic rings. The fourth-order valence-electron chi connectivity index (χ4n) is 4.51. The molecule has 1 N–H and O–H groups in total. The Kier molecular flexibility index (Phi) is 27.3. The number of esters is 1. The van der Waals surface area contributed by atoms with Crippen molar-refractivity contribution in [3.8, 4) is 0 Å². The molecule has 4 nitrogen and oxygen atoms in total. The van der Waals surface area contributed by atoms with Crippen LogP contribution in [0.2, 0.25) is 0 Å². The van der Waals surface area contributed by atoms with Crippen LogP contribution >= 0.6 is 0 Å². The third kappa shape index (κ3) is 29.0. The van der Waals surface area contributed by atoms with Gasteiger partial charge < -0.3 is 9.84 Å². The predicted molar refractivity (Wildman–Crippen MR) is 144 cm³/mol. The van der Waals surface area contributed by atoms with Gasteiger partial charge in [0.05, 0.1) is 6.61 Å². The van der Waals surface area contributed by atoms with Gasteiger partial charge in [-0.15, -0.1) is 0 Å². The quantitative estimate of drug-likeness (QED) is 0.0890. The molecule has 0 spiro atoms. The Balaban J connectivity index is 3.15. The highest BCUT2D eigenvalue weighted by Gasteiger charge is 2.03. The van der Waals surface area contributed by atoms with E-state index in [4.69, 9.17) is 9.84 Å². The van der Waals surface area contributed by atoms with Crippen molar-refractivity contribution >= 4 is 11.9 Å². The molecule has 0 unspecified atom stereocenters. The molecule has 0 rings (SSSR count). The lowest BCUT2D eigenvalue weighted by Crippen LogP contribution is -2.05. The van der Waals surface area contributed by atoms with E-state index in [2.05, 4.69) is 6.92 Å². The number of hydrogen-bond donors (Lipinski definition) is 1. The number of carbonyl (C=O) groups is 2. The van der Waals surface area contributed by atoms with Crippen molar-refractivity contribution in [2.75, 3.05) is 6.61 Å². The molecule has 0 atom stereocenters. The molecule has 0 aliphatic heterocycles. The number of carbonyl (C=O) groups excluding carboxylic acids is 1. The van der Waals surface area contributed by atoms with E-state index in [-0.39, 0.29) is 5.97 Å². The molecule has 0 aliphatic carbocycles. The van der Waals surface area contributed by atoms with Gasteiger partial charge in [-0.1, -0.05) is 142 Å². The molecule has 0 fully saturated rings. The smallest absolute Gasteiger partial charge is 0.305 e. The van der Waals surface area contributed by atoms with Crippen molar-refractivity contribution in [3.63, 3.8) is 0 Å². The number of carboxylic acids is 1. The van der Waals surface area contributed by atoms with Gasteiger partial charge in [0.25, 0.3) is 0 Å². The van der Waals surface area contributed by atoms with E-state index in [0.29, 0.717) is 19.4 Å². The van der Waals surface area contributed by atoms with Gasteiger partial charge >= 0.3 is 11.9 Å². The molecule has 0 saturated carbocycles. The van der Waals surface area contributed by atoms with Gasteiger partial charge in [-0.05, 0) is 19.3 Å². The van der Waals surface area contributed by atoms with Gasteiger partial charge in [0.2, 0.25) is 0 Å². The normalized spacial score (nSPS) is 11.1. The van der Waals surface area contributed by atoms with Gasteiger partial charge in [0.1, 0.15) is 0 Å². The Bertz CT molecular complexity index is 436. The second-order valence-electron chi connectivity index (χ2n) is 10.2. The monoisotopic (exact) mass is 482 g/mol. The van der Waals surface area contributed by atoms with E-state index in [1.165, 1.54) is 116 Å². The first kappa shape index (κ1) is 32.9. The fraction of sp³-hybridized carbons (Fsp3) is 0.933. The molecule has 34 heavy (non-hydrogen) atoms. The summed E-state index contributed by atoms with van der Waals surface area (Å²) < 4.78 is 5.38.